The number of ether oxygens (including phenoxy) is 1. The maximum atomic E-state index is 12.9. The van der Waals surface area contributed by atoms with Gasteiger partial charge in [0.05, 0.1) is 17.2 Å². The maximum Gasteiger partial charge on any atom is 0.259 e. The second-order valence-electron chi connectivity index (χ2n) is 5.71. The Balaban J connectivity index is 2.17. The van der Waals surface area contributed by atoms with Gasteiger partial charge in [0.1, 0.15) is 5.56 Å². The van der Waals surface area contributed by atoms with Crippen LogP contribution in [-0.4, -0.2) is 54.9 Å². The molecule has 1 aliphatic rings. The molecule has 2 rings (SSSR count). The number of amides is 2. The van der Waals surface area contributed by atoms with Crippen molar-refractivity contribution in [1.29, 1.82) is 0 Å². The van der Waals surface area contributed by atoms with Crippen molar-refractivity contribution in [1.82, 2.24) is 9.80 Å². The SMILES string of the molecule is CCCC(=O)N1CCCN(C(=O)c2c(Cl)ccc(Cl)c2OC)CC1. The largest absolute Gasteiger partial charge is 0.494 e. The van der Waals surface area contributed by atoms with Crippen molar-refractivity contribution in [2.24, 2.45) is 0 Å². The smallest absolute Gasteiger partial charge is 0.259 e. The standard InChI is InChI=1S/C17H22Cl2N2O3/c1-3-5-14(22)20-8-4-9-21(11-10-20)17(23)15-12(18)6-7-13(19)16(15)24-2/h6-7H,3-5,8-11H2,1-2H3. The molecule has 1 aromatic rings. The van der Waals surface area contributed by atoms with E-state index in [9.17, 15) is 9.59 Å². The normalized spacial score (nSPS) is 15.2. The molecule has 0 saturated carbocycles. The van der Waals surface area contributed by atoms with E-state index in [0.717, 1.165) is 12.8 Å². The van der Waals surface area contributed by atoms with Crippen LogP contribution in [0.1, 0.15) is 36.5 Å². The number of carbonyl (C=O) groups is 2. The Kier molecular flexibility index (Phi) is 6.75. The van der Waals surface area contributed by atoms with Gasteiger partial charge in [0.15, 0.2) is 5.75 Å². The molecule has 0 bridgehead atoms. The molecule has 0 spiro atoms. The van der Waals surface area contributed by atoms with E-state index in [1.807, 2.05) is 11.8 Å². The summed E-state index contributed by atoms with van der Waals surface area (Å²) >= 11 is 12.3. The highest BCUT2D eigenvalue weighted by Crippen LogP contribution is 2.34. The zero-order valence-electron chi connectivity index (χ0n) is 14.0. The summed E-state index contributed by atoms with van der Waals surface area (Å²) in [4.78, 5) is 28.5. The molecular formula is C17H22Cl2N2O3. The maximum absolute atomic E-state index is 12.9. The summed E-state index contributed by atoms with van der Waals surface area (Å²) in [6.45, 7) is 4.23. The summed E-state index contributed by atoms with van der Waals surface area (Å²) in [6, 6.07) is 3.20. The van der Waals surface area contributed by atoms with E-state index in [1.54, 1.807) is 17.0 Å². The summed E-state index contributed by atoms with van der Waals surface area (Å²) in [5.74, 6) is 0.214. The van der Waals surface area contributed by atoms with Crippen molar-refractivity contribution in [3.05, 3.63) is 27.7 Å². The van der Waals surface area contributed by atoms with Crippen molar-refractivity contribution in [2.45, 2.75) is 26.2 Å². The Bertz CT molecular complexity index is 622. The van der Waals surface area contributed by atoms with Crippen LogP contribution in [0.4, 0.5) is 0 Å². The summed E-state index contributed by atoms with van der Waals surface area (Å²) < 4.78 is 5.26. The third-order valence-electron chi connectivity index (χ3n) is 4.08. The number of carbonyl (C=O) groups excluding carboxylic acids is 2. The topological polar surface area (TPSA) is 49.9 Å². The molecule has 1 aromatic carbocycles. The van der Waals surface area contributed by atoms with Crippen LogP contribution in [0.2, 0.25) is 10.0 Å². The van der Waals surface area contributed by atoms with Crippen molar-refractivity contribution in [2.75, 3.05) is 33.3 Å². The summed E-state index contributed by atoms with van der Waals surface area (Å²) in [7, 11) is 1.46. The van der Waals surface area contributed by atoms with Gasteiger partial charge in [-0.15, -0.1) is 0 Å². The Morgan fingerprint density at radius 3 is 2.38 bits per heavy atom. The van der Waals surface area contributed by atoms with Gasteiger partial charge in [-0.1, -0.05) is 30.1 Å². The first kappa shape index (κ1) is 18.9. The van der Waals surface area contributed by atoms with Crippen molar-refractivity contribution in [3.63, 3.8) is 0 Å². The quantitative estimate of drug-likeness (QED) is 0.812. The minimum Gasteiger partial charge on any atom is -0.494 e. The predicted molar refractivity (Wildman–Crippen MR) is 95.0 cm³/mol. The molecule has 1 saturated heterocycles. The van der Waals surface area contributed by atoms with Gasteiger partial charge in [-0.05, 0) is 25.0 Å². The van der Waals surface area contributed by atoms with Crippen LogP contribution in [0.5, 0.6) is 5.75 Å². The van der Waals surface area contributed by atoms with Gasteiger partial charge in [-0.25, -0.2) is 0 Å². The minimum atomic E-state index is -0.218. The van der Waals surface area contributed by atoms with E-state index < -0.39 is 0 Å². The van der Waals surface area contributed by atoms with Crippen LogP contribution in [0.3, 0.4) is 0 Å². The lowest BCUT2D eigenvalue weighted by Gasteiger charge is -2.23. The fourth-order valence-corrected chi connectivity index (χ4v) is 3.30. The lowest BCUT2D eigenvalue weighted by Crippen LogP contribution is -2.37. The first-order valence-corrected chi connectivity index (χ1v) is 8.84. The van der Waals surface area contributed by atoms with Crippen LogP contribution < -0.4 is 4.74 Å². The highest BCUT2D eigenvalue weighted by molar-refractivity contribution is 6.37. The van der Waals surface area contributed by atoms with E-state index in [2.05, 4.69) is 0 Å². The molecule has 132 valence electrons. The number of rotatable bonds is 4. The first-order valence-electron chi connectivity index (χ1n) is 8.08. The molecule has 5 nitrogen and oxygen atoms in total. The average Bonchev–Trinajstić information content (AvgIpc) is 2.82. The van der Waals surface area contributed by atoms with E-state index in [-0.39, 0.29) is 23.1 Å². The van der Waals surface area contributed by atoms with Crippen LogP contribution >= 0.6 is 23.2 Å². The molecule has 7 heteroatoms. The Morgan fingerprint density at radius 2 is 1.71 bits per heavy atom. The third kappa shape index (κ3) is 4.14. The molecule has 0 N–H and O–H groups in total. The number of nitrogens with zero attached hydrogens (tertiary/aromatic N) is 2. The summed E-state index contributed by atoms with van der Waals surface area (Å²) in [5, 5.41) is 0.657. The molecule has 1 heterocycles. The molecule has 0 radical (unpaired) electrons. The average molecular weight is 373 g/mol. The Morgan fingerprint density at radius 1 is 1.08 bits per heavy atom. The summed E-state index contributed by atoms with van der Waals surface area (Å²) in [5.41, 5.74) is 0.278. The van der Waals surface area contributed by atoms with Gasteiger partial charge in [0, 0.05) is 32.6 Å². The van der Waals surface area contributed by atoms with Gasteiger partial charge >= 0.3 is 0 Å². The van der Waals surface area contributed by atoms with Gasteiger partial charge in [-0.3, -0.25) is 9.59 Å². The zero-order chi connectivity index (χ0) is 17.7. The number of hydrogen-bond donors (Lipinski definition) is 0. The van der Waals surface area contributed by atoms with E-state index in [0.29, 0.717) is 42.6 Å². The number of methoxy groups -OCH3 is 1. The van der Waals surface area contributed by atoms with Gasteiger partial charge in [-0.2, -0.15) is 0 Å². The molecule has 0 unspecified atom stereocenters. The molecule has 1 aliphatic heterocycles. The molecule has 1 fully saturated rings. The van der Waals surface area contributed by atoms with E-state index >= 15 is 0 Å². The van der Waals surface area contributed by atoms with Crippen molar-refractivity contribution < 1.29 is 14.3 Å². The fraction of sp³-hybridized carbons (Fsp3) is 0.529. The molecule has 2 amide bonds. The van der Waals surface area contributed by atoms with E-state index in [4.69, 9.17) is 27.9 Å². The Hall–Kier alpha value is -1.46. The van der Waals surface area contributed by atoms with Crippen molar-refractivity contribution in [3.8, 4) is 5.75 Å². The van der Waals surface area contributed by atoms with Crippen molar-refractivity contribution >= 4 is 35.0 Å². The molecule has 0 aromatic heterocycles. The highest BCUT2D eigenvalue weighted by atomic mass is 35.5. The minimum absolute atomic E-state index is 0.144. The fourth-order valence-electron chi connectivity index (χ4n) is 2.83. The zero-order valence-corrected chi connectivity index (χ0v) is 15.5. The Labute approximate surface area is 152 Å². The molecular weight excluding hydrogens is 351 g/mol. The first-order chi connectivity index (χ1) is 11.5. The number of halogens is 2. The summed E-state index contributed by atoms with van der Waals surface area (Å²) in [6.07, 6.45) is 2.11. The van der Waals surface area contributed by atoms with Crippen LogP contribution in [0, 0.1) is 0 Å². The second-order valence-corrected chi connectivity index (χ2v) is 6.53. The van der Waals surface area contributed by atoms with Crippen LogP contribution in [-0.2, 0) is 4.79 Å². The highest BCUT2D eigenvalue weighted by Gasteiger charge is 2.27. The van der Waals surface area contributed by atoms with Gasteiger partial charge < -0.3 is 14.5 Å². The van der Waals surface area contributed by atoms with Gasteiger partial charge in [0.2, 0.25) is 5.91 Å². The third-order valence-corrected chi connectivity index (χ3v) is 4.69. The van der Waals surface area contributed by atoms with Gasteiger partial charge in [0.25, 0.3) is 5.91 Å². The lowest BCUT2D eigenvalue weighted by atomic mass is 10.1. The van der Waals surface area contributed by atoms with Crippen LogP contribution in [0.15, 0.2) is 12.1 Å². The molecule has 0 atom stereocenters. The second kappa shape index (κ2) is 8.58. The molecule has 0 aliphatic carbocycles. The molecule has 24 heavy (non-hydrogen) atoms. The monoisotopic (exact) mass is 372 g/mol. The van der Waals surface area contributed by atoms with E-state index in [1.165, 1.54) is 7.11 Å². The lowest BCUT2D eigenvalue weighted by molar-refractivity contribution is -0.131. The van der Waals surface area contributed by atoms with Crippen LogP contribution in [0.25, 0.3) is 0 Å². The number of hydrogen-bond acceptors (Lipinski definition) is 3. The number of benzene rings is 1. The predicted octanol–water partition coefficient (Wildman–Crippen LogP) is 3.48.